The minimum absolute atomic E-state index is 0.789. The van der Waals surface area contributed by atoms with Gasteiger partial charge in [-0.3, -0.25) is 4.79 Å². The topological polar surface area (TPSA) is 32.9 Å². The molecule has 0 radical (unpaired) electrons. The van der Waals surface area contributed by atoms with Crippen LogP contribution >= 0.6 is 22.7 Å². The summed E-state index contributed by atoms with van der Waals surface area (Å²) in [7, 11) is 0. The Morgan fingerprint density at radius 3 is 3.00 bits per heavy atom. The number of rotatable bonds is 2. The highest BCUT2D eigenvalue weighted by atomic mass is 32.1. The van der Waals surface area contributed by atoms with E-state index in [1.165, 1.54) is 20.7 Å². The number of aromatic nitrogens is 1. The molecule has 0 fully saturated rings. The summed E-state index contributed by atoms with van der Waals surface area (Å²) in [6, 6.07) is 4.08. The number of thiophene rings is 2. The number of aromatic amines is 1. The molecule has 1 N–H and O–H groups in total. The first-order valence-electron chi connectivity index (χ1n) is 4.90. The van der Waals surface area contributed by atoms with E-state index in [2.05, 4.69) is 23.4 Å². The first-order chi connectivity index (χ1) is 7.79. The maximum atomic E-state index is 10.8. The lowest BCUT2D eigenvalue weighted by atomic mass is 10.1. The molecule has 3 aromatic heterocycles. The van der Waals surface area contributed by atoms with E-state index in [1.807, 2.05) is 12.3 Å². The van der Waals surface area contributed by atoms with E-state index in [0.717, 1.165) is 16.7 Å². The predicted molar refractivity (Wildman–Crippen MR) is 69.6 cm³/mol. The summed E-state index contributed by atoms with van der Waals surface area (Å²) in [4.78, 5) is 17.2. The Labute approximate surface area is 101 Å². The molecular weight excluding hydrogens is 238 g/mol. The number of nitrogens with one attached hydrogen (secondary N) is 1. The fourth-order valence-electron chi connectivity index (χ4n) is 1.90. The molecule has 0 saturated heterocycles. The number of fused-ring (bicyclic) bond motifs is 1. The van der Waals surface area contributed by atoms with Crippen LogP contribution in [0.15, 0.2) is 23.7 Å². The number of hydrogen-bond donors (Lipinski definition) is 1. The van der Waals surface area contributed by atoms with Gasteiger partial charge in [0, 0.05) is 22.0 Å². The average molecular weight is 247 g/mol. The van der Waals surface area contributed by atoms with Crippen LogP contribution in [0.2, 0.25) is 0 Å². The molecule has 0 amide bonds. The van der Waals surface area contributed by atoms with Crippen LogP contribution in [0.25, 0.3) is 21.3 Å². The number of hydrogen-bond acceptors (Lipinski definition) is 3. The van der Waals surface area contributed by atoms with E-state index in [9.17, 15) is 4.79 Å². The van der Waals surface area contributed by atoms with E-state index in [-0.39, 0.29) is 0 Å². The summed E-state index contributed by atoms with van der Waals surface area (Å²) in [6.45, 7) is 2.05. The minimum atomic E-state index is 0.789. The van der Waals surface area contributed by atoms with Gasteiger partial charge < -0.3 is 4.98 Å². The fourth-order valence-corrected chi connectivity index (χ4v) is 3.53. The Hall–Kier alpha value is -1.39. The summed E-state index contributed by atoms with van der Waals surface area (Å²) in [5, 5.41) is 3.32. The molecule has 0 saturated carbocycles. The molecule has 3 aromatic rings. The number of carbonyl (C=O) groups is 1. The van der Waals surface area contributed by atoms with Gasteiger partial charge in [-0.2, -0.15) is 0 Å². The molecule has 0 atom stereocenters. The number of carbonyl (C=O) groups excluding carboxylic acids is 1. The Morgan fingerprint density at radius 2 is 2.25 bits per heavy atom. The van der Waals surface area contributed by atoms with Crippen LogP contribution in [0.3, 0.4) is 0 Å². The maximum Gasteiger partial charge on any atom is 0.160 e. The lowest BCUT2D eigenvalue weighted by Gasteiger charge is -1.94. The molecule has 0 aromatic carbocycles. The van der Waals surface area contributed by atoms with Gasteiger partial charge in [0.1, 0.15) is 4.83 Å². The molecule has 0 unspecified atom stereocenters. The lowest BCUT2D eigenvalue weighted by molar-refractivity contribution is 0.112. The van der Waals surface area contributed by atoms with Crippen LogP contribution in [0, 0.1) is 6.92 Å². The third-order valence-electron chi connectivity index (χ3n) is 2.65. The van der Waals surface area contributed by atoms with Crippen molar-refractivity contribution in [1.82, 2.24) is 4.98 Å². The highest BCUT2D eigenvalue weighted by Gasteiger charge is 2.12. The summed E-state index contributed by atoms with van der Waals surface area (Å²) >= 11 is 3.24. The molecule has 3 rings (SSSR count). The standard InChI is InChI=1S/C12H9NOS2/c1-7-10(4-8(6-14)16-7)11-5-13-12-9(11)2-3-15-12/h2-6,13H,1H3. The zero-order chi connectivity index (χ0) is 11.1. The van der Waals surface area contributed by atoms with Crippen LogP contribution < -0.4 is 0 Å². The second kappa shape index (κ2) is 3.57. The van der Waals surface area contributed by atoms with Gasteiger partial charge in [-0.25, -0.2) is 0 Å². The average Bonchev–Trinajstić information content (AvgIpc) is 2.91. The molecule has 0 aliphatic rings. The molecule has 0 bridgehead atoms. The van der Waals surface area contributed by atoms with Crippen molar-refractivity contribution in [3.8, 4) is 11.1 Å². The third-order valence-corrected chi connectivity index (χ3v) is 4.47. The predicted octanol–water partition coefficient (Wildman–Crippen LogP) is 4.08. The first-order valence-corrected chi connectivity index (χ1v) is 6.60. The number of aldehydes is 1. The Kier molecular flexibility index (Phi) is 2.19. The van der Waals surface area contributed by atoms with Crippen molar-refractivity contribution in [2.75, 3.05) is 0 Å². The Bertz CT molecular complexity index is 659. The van der Waals surface area contributed by atoms with Gasteiger partial charge in [-0.15, -0.1) is 22.7 Å². The smallest absolute Gasteiger partial charge is 0.160 e. The summed E-state index contributed by atoms with van der Waals surface area (Å²) in [5.41, 5.74) is 2.36. The molecule has 0 aliphatic heterocycles. The normalized spacial score (nSPS) is 11.1. The largest absolute Gasteiger partial charge is 0.352 e. The molecular formula is C12H9NOS2. The number of H-pyrrole nitrogens is 1. The fraction of sp³-hybridized carbons (Fsp3) is 0.0833. The molecule has 80 valence electrons. The van der Waals surface area contributed by atoms with Crippen LogP contribution in [-0.2, 0) is 0 Å². The van der Waals surface area contributed by atoms with Gasteiger partial charge in [0.2, 0.25) is 0 Å². The van der Waals surface area contributed by atoms with Crippen LogP contribution in [0.4, 0.5) is 0 Å². The molecule has 3 heterocycles. The number of aryl methyl sites for hydroxylation is 1. The van der Waals surface area contributed by atoms with Crippen LogP contribution in [0.5, 0.6) is 0 Å². The van der Waals surface area contributed by atoms with Crippen molar-refractivity contribution in [3.63, 3.8) is 0 Å². The summed E-state index contributed by atoms with van der Waals surface area (Å²) in [5.74, 6) is 0. The van der Waals surface area contributed by atoms with Gasteiger partial charge in [0.05, 0.1) is 4.88 Å². The second-order valence-electron chi connectivity index (χ2n) is 3.60. The first kappa shape index (κ1) is 9.81. The van der Waals surface area contributed by atoms with E-state index in [1.54, 1.807) is 22.7 Å². The van der Waals surface area contributed by atoms with Crippen molar-refractivity contribution in [2.45, 2.75) is 6.92 Å². The summed E-state index contributed by atoms with van der Waals surface area (Å²) < 4.78 is 0. The third kappa shape index (κ3) is 1.34. The zero-order valence-corrected chi connectivity index (χ0v) is 10.2. The van der Waals surface area contributed by atoms with E-state index in [4.69, 9.17) is 0 Å². The lowest BCUT2D eigenvalue weighted by Crippen LogP contribution is -1.72. The van der Waals surface area contributed by atoms with Gasteiger partial charge in [-0.1, -0.05) is 0 Å². The van der Waals surface area contributed by atoms with Crippen molar-refractivity contribution >= 4 is 39.2 Å². The van der Waals surface area contributed by atoms with Crippen molar-refractivity contribution in [3.05, 3.63) is 33.5 Å². The van der Waals surface area contributed by atoms with Crippen molar-refractivity contribution in [1.29, 1.82) is 0 Å². The highest BCUT2D eigenvalue weighted by Crippen LogP contribution is 2.36. The van der Waals surface area contributed by atoms with E-state index in [0.29, 0.717) is 0 Å². The monoisotopic (exact) mass is 247 g/mol. The van der Waals surface area contributed by atoms with E-state index >= 15 is 0 Å². The SMILES string of the molecule is Cc1sc(C=O)cc1-c1c[nH]c2sccc12. The highest BCUT2D eigenvalue weighted by molar-refractivity contribution is 7.17. The van der Waals surface area contributed by atoms with E-state index < -0.39 is 0 Å². The molecule has 4 heteroatoms. The molecule has 2 nitrogen and oxygen atoms in total. The molecule has 0 aliphatic carbocycles. The Morgan fingerprint density at radius 1 is 1.38 bits per heavy atom. The Balaban J connectivity index is 2.26. The zero-order valence-electron chi connectivity index (χ0n) is 8.61. The van der Waals surface area contributed by atoms with Gasteiger partial charge >= 0.3 is 0 Å². The maximum absolute atomic E-state index is 10.8. The second-order valence-corrected chi connectivity index (χ2v) is 5.81. The van der Waals surface area contributed by atoms with Crippen molar-refractivity contribution in [2.24, 2.45) is 0 Å². The summed E-state index contributed by atoms with van der Waals surface area (Å²) in [6.07, 6.45) is 2.93. The quantitative estimate of drug-likeness (QED) is 0.680. The van der Waals surface area contributed by atoms with Crippen LogP contribution in [-0.4, -0.2) is 11.3 Å². The van der Waals surface area contributed by atoms with Gasteiger partial charge in [-0.05, 0) is 30.0 Å². The van der Waals surface area contributed by atoms with Gasteiger partial charge in [0.15, 0.2) is 6.29 Å². The van der Waals surface area contributed by atoms with Crippen LogP contribution in [0.1, 0.15) is 14.5 Å². The molecule has 16 heavy (non-hydrogen) atoms. The van der Waals surface area contributed by atoms with Crippen molar-refractivity contribution < 1.29 is 4.79 Å². The van der Waals surface area contributed by atoms with Gasteiger partial charge in [0.25, 0.3) is 0 Å². The minimum Gasteiger partial charge on any atom is -0.352 e. The molecule has 0 spiro atoms.